The summed E-state index contributed by atoms with van der Waals surface area (Å²) in [4.78, 5) is 47.4. The van der Waals surface area contributed by atoms with E-state index in [0.29, 0.717) is 11.1 Å². The SMILES string of the molecule is CCOC(=O)c1ccc(C(=O)NNC(=O)c2ccc(C(=O)OCC)cc2)cc1. The van der Waals surface area contributed by atoms with Crippen LogP contribution >= 0.6 is 0 Å². The van der Waals surface area contributed by atoms with E-state index in [1.54, 1.807) is 13.8 Å². The number of carbonyl (C=O) groups excluding carboxylic acids is 4. The summed E-state index contributed by atoms with van der Waals surface area (Å²) in [6.07, 6.45) is 0. The number of ether oxygens (including phenoxy) is 2. The highest BCUT2D eigenvalue weighted by atomic mass is 16.5. The van der Waals surface area contributed by atoms with E-state index in [4.69, 9.17) is 9.47 Å². The van der Waals surface area contributed by atoms with Gasteiger partial charge in [0, 0.05) is 11.1 Å². The minimum Gasteiger partial charge on any atom is -0.462 e. The van der Waals surface area contributed by atoms with Crippen molar-refractivity contribution in [2.45, 2.75) is 13.8 Å². The Morgan fingerprint density at radius 1 is 0.607 bits per heavy atom. The van der Waals surface area contributed by atoms with Crippen LogP contribution in [0.4, 0.5) is 0 Å². The van der Waals surface area contributed by atoms with Gasteiger partial charge in [0.1, 0.15) is 0 Å². The van der Waals surface area contributed by atoms with E-state index in [-0.39, 0.29) is 24.3 Å². The molecule has 2 amide bonds. The number of benzene rings is 2. The van der Waals surface area contributed by atoms with Crippen LogP contribution < -0.4 is 10.9 Å². The maximum atomic E-state index is 12.1. The fourth-order valence-corrected chi connectivity index (χ4v) is 2.20. The van der Waals surface area contributed by atoms with E-state index in [9.17, 15) is 19.2 Å². The Labute approximate surface area is 161 Å². The molecule has 0 fully saturated rings. The van der Waals surface area contributed by atoms with Crippen molar-refractivity contribution >= 4 is 23.8 Å². The molecule has 2 N–H and O–H groups in total. The number of nitrogens with one attached hydrogen (secondary N) is 2. The van der Waals surface area contributed by atoms with Crippen molar-refractivity contribution in [3.63, 3.8) is 0 Å². The average Bonchev–Trinajstić information content (AvgIpc) is 2.72. The first-order valence-corrected chi connectivity index (χ1v) is 8.61. The number of hydrogen-bond acceptors (Lipinski definition) is 6. The number of amides is 2. The topological polar surface area (TPSA) is 111 Å². The molecule has 0 spiro atoms. The summed E-state index contributed by atoms with van der Waals surface area (Å²) in [6, 6.07) is 11.6. The predicted octanol–water partition coefficient (Wildman–Crippen LogP) is 2.11. The molecule has 0 unspecified atom stereocenters. The minimum atomic E-state index is -0.549. The molecule has 146 valence electrons. The van der Waals surface area contributed by atoms with Gasteiger partial charge in [-0.15, -0.1) is 0 Å². The van der Waals surface area contributed by atoms with Gasteiger partial charge < -0.3 is 9.47 Å². The molecule has 8 nitrogen and oxygen atoms in total. The smallest absolute Gasteiger partial charge is 0.338 e. The minimum absolute atomic E-state index is 0.256. The zero-order valence-electron chi connectivity index (χ0n) is 15.5. The van der Waals surface area contributed by atoms with E-state index in [1.165, 1.54) is 48.5 Å². The lowest BCUT2D eigenvalue weighted by Crippen LogP contribution is -2.41. The molecule has 0 saturated carbocycles. The lowest BCUT2D eigenvalue weighted by atomic mass is 10.1. The number of esters is 2. The molecular weight excluding hydrogens is 364 g/mol. The Morgan fingerprint density at radius 2 is 0.893 bits per heavy atom. The Balaban J connectivity index is 1.92. The summed E-state index contributed by atoms with van der Waals surface area (Å²) in [6.45, 7) is 3.92. The molecule has 0 atom stereocenters. The summed E-state index contributed by atoms with van der Waals surface area (Å²) in [7, 11) is 0. The van der Waals surface area contributed by atoms with Crippen molar-refractivity contribution < 1.29 is 28.7 Å². The van der Waals surface area contributed by atoms with Crippen molar-refractivity contribution in [1.82, 2.24) is 10.9 Å². The lowest BCUT2D eigenvalue weighted by Gasteiger charge is -2.08. The molecule has 0 aliphatic heterocycles. The first-order chi connectivity index (χ1) is 13.5. The van der Waals surface area contributed by atoms with Gasteiger partial charge in [-0.3, -0.25) is 20.4 Å². The fourth-order valence-electron chi connectivity index (χ4n) is 2.20. The van der Waals surface area contributed by atoms with Crippen LogP contribution in [0.3, 0.4) is 0 Å². The lowest BCUT2D eigenvalue weighted by molar-refractivity contribution is 0.0516. The summed E-state index contributed by atoms with van der Waals surface area (Å²) < 4.78 is 9.73. The van der Waals surface area contributed by atoms with Crippen LogP contribution in [0.2, 0.25) is 0 Å². The first-order valence-electron chi connectivity index (χ1n) is 8.61. The van der Waals surface area contributed by atoms with Crippen LogP contribution in [-0.4, -0.2) is 37.0 Å². The maximum absolute atomic E-state index is 12.1. The van der Waals surface area contributed by atoms with Gasteiger partial charge >= 0.3 is 11.9 Å². The molecule has 2 rings (SSSR count). The van der Waals surface area contributed by atoms with E-state index >= 15 is 0 Å². The van der Waals surface area contributed by atoms with Gasteiger partial charge in [0.15, 0.2) is 0 Å². The molecule has 0 radical (unpaired) electrons. The van der Waals surface area contributed by atoms with E-state index in [1.807, 2.05) is 0 Å². The van der Waals surface area contributed by atoms with Crippen molar-refractivity contribution in [3.8, 4) is 0 Å². The standard InChI is InChI=1S/C20H20N2O6/c1-3-27-19(25)15-9-5-13(6-10-15)17(23)21-22-18(24)14-7-11-16(12-8-14)20(26)28-4-2/h5-12H,3-4H2,1-2H3,(H,21,23)(H,22,24). The Morgan fingerprint density at radius 3 is 1.18 bits per heavy atom. The number of hydrazine groups is 1. The van der Waals surface area contributed by atoms with Crippen LogP contribution in [-0.2, 0) is 9.47 Å². The zero-order chi connectivity index (χ0) is 20.5. The highest BCUT2D eigenvalue weighted by molar-refractivity contribution is 6.00. The van der Waals surface area contributed by atoms with Crippen molar-refractivity contribution in [1.29, 1.82) is 0 Å². The third-order valence-corrected chi connectivity index (χ3v) is 3.61. The van der Waals surface area contributed by atoms with Crippen LogP contribution in [0.5, 0.6) is 0 Å². The van der Waals surface area contributed by atoms with Crippen LogP contribution in [0, 0.1) is 0 Å². The van der Waals surface area contributed by atoms with E-state index in [2.05, 4.69) is 10.9 Å². The second-order valence-corrected chi connectivity index (χ2v) is 5.50. The van der Waals surface area contributed by atoms with Gasteiger partial charge in [-0.2, -0.15) is 0 Å². The third-order valence-electron chi connectivity index (χ3n) is 3.61. The summed E-state index contributed by atoms with van der Waals surface area (Å²) in [5, 5.41) is 0. The summed E-state index contributed by atoms with van der Waals surface area (Å²) in [5.41, 5.74) is 5.72. The normalized spacial score (nSPS) is 9.93. The molecule has 0 saturated heterocycles. The van der Waals surface area contributed by atoms with Crippen molar-refractivity contribution in [2.75, 3.05) is 13.2 Å². The van der Waals surface area contributed by atoms with Crippen molar-refractivity contribution in [3.05, 3.63) is 70.8 Å². The van der Waals surface area contributed by atoms with Gasteiger partial charge in [-0.1, -0.05) is 0 Å². The zero-order valence-corrected chi connectivity index (χ0v) is 15.5. The highest BCUT2D eigenvalue weighted by Crippen LogP contribution is 2.07. The molecule has 0 heterocycles. The monoisotopic (exact) mass is 384 g/mol. The molecule has 0 aliphatic rings. The molecule has 0 aliphatic carbocycles. The molecule has 8 heteroatoms. The summed E-state index contributed by atoms with van der Waals surface area (Å²) >= 11 is 0. The van der Waals surface area contributed by atoms with Gasteiger partial charge in [-0.05, 0) is 62.4 Å². The van der Waals surface area contributed by atoms with Gasteiger partial charge in [0.2, 0.25) is 0 Å². The van der Waals surface area contributed by atoms with E-state index < -0.39 is 23.8 Å². The molecule has 28 heavy (non-hydrogen) atoms. The molecule has 0 bridgehead atoms. The number of hydrogen-bond donors (Lipinski definition) is 2. The maximum Gasteiger partial charge on any atom is 0.338 e. The Kier molecular flexibility index (Phi) is 7.27. The summed E-state index contributed by atoms with van der Waals surface area (Å²) in [5.74, 6) is -2.05. The van der Waals surface area contributed by atoms with Crippen molar-refractivity contribution in [2.24, 2.45) is 0 Å². The Hall–Kier alpha value is -3.68. The van der Waals surface area contributed by atoms with Gasteiger partial charge in [0.05, 0.1) is 24.3 Å². The molecule has 0 aromatic heterocycles. The second kappa shape index (κ2) is 9.86. The molecular formula is C20H20N2O6. The third kappa shape index (κ3) is 5.41. The van der Waals surface area contributed by atoms with Crippen LogP contribution in [0.25, 0.3) is 0 Å². The highest BCUT2D eigenvalue weighted by Gasteiger charge is 2.12. The van der Waals surface area contributed by atoms with Crippen LogP contribution in [0.15, 0.2) is 48.5 Å². The predicted molar refractivity (Wildman–Crippen MR) is 99.7 cm³/mol. The van der Waals surface area contributed by atoms with E-state index in [0.717, 1.165) is 0 Å². The number of rotatable bonds is 6. The van der Waals surface area contributed by atoms with Gasteiger partial charge in [-0.25, -0.2) is 9.59 Å². The largest absolute Gasteiger partial charge is 0.462 e. The van der Waals surface area contributed by atoms with Crippen LogP contribution in [0.1, 0.15) is 55.3 Å². The molecule has 2 aromatic carbocycles. The number of carbonyl (C=O) groups is 4. The fraction of sp³-hybridized carbons (Fsp3) is 0.200. The quantitative estimate of drug-likeness (QED) is 0.583. The molecule has 2 aromatic rings. The Bertz CT molecular complexity index is 786. The van der Waals surface area contributed by atoms with Gasteiger partial charge in [0.25, 0.3) is 11.8 Å². The second-order valence-electron chi connectivity index (χ2n) is 5.50. The first kappa shape index (κ1) is 20.6. The average molecular weight is 384 g/mol.